The lowest BCUT2D eigenvalue weighted by Gasteiger charge is -2.17. The van der Waals surface area contributed by atoms with Gasteiger partial charge in [-0.15, -0.1) is 0 Å². The smallest absolute Gasteiger partial charge is 0.118 e. The molecule has 0 aliphatic heterocycles. The molecule has 0 saturated heterocycles. The summed E-state index contributed by atoms with van der Waals surface area (Å²) in [5.74, 6) is 0.912. The van der Waals surface area contributed by atoms with E-state index < -0.39 is 0 Å². The Balaban J connectivity index is 1.87. The van der Waals surface area contributed by atoms with Crippen molar-refractivity contribution in [2.45, 2.75) is 32.7 Å². The van der Waals surface area contributed by atoms with Gasteiger partial charge in [0.05, 0.1) is 7.11 Å². The van der Waals surface area contributed by atoms with Crippen LogP contribution in [-0.2, 0) is 6.42 Å². The van der Waals surface area contributed by atoms with Crippen LogP contribution in [0.2, 0.25) is 0 Å². The highest BCUT2D eigenvalue weighted by Gasteiger charge is 2.05. The zero-order chi connectivity index (χ0) is 15.2. The molecular formula is C18H22BrNO. The van der Waals surface area contributed by atoms with Gasteiger partial charge in [0, 0.05) is 16.2 Å². The van der Waals surface area contributed by atoms with E-state index in [1.54, 1.807) is 7.11 Å². The predicted molar refractivity (Wildman–Crippen MR) is 93.3 cm³/mol. The molecule has 0 bridgehead atoms. The molecule has 2 aromatic carbocycles. The number of aryl methyl sites for hydroxylation is 2. The van der Waals surface area contributed by atoms with Crippen LogP contribution in [0.25, 0.3) is 0 Å². The van der Waals surface area contributed by atoms with Crippen molar-refractivity contribution in [1.82, 2.24) is 0 Å². The number of hydrogen-bond acceptors (Lipinski definition) is 2. The van der Waals surface area contributed by atoms with Crippen LogP contribution < -0.4 is 10.1 Å². The number of rotatable bonds is 6. The molecule has 2 nitrogen and oxygen atoms in total. The van der Waals surface area contributed by atoms with E-state index in [1.807, 2.05) is 12.1 Å². The molecule has 1 atom stereocenters. The van der Waals surface area contributed by atoms with Crippen LogP contribution in [0.5, 0.6) is 5.75 Å². The minimum atomic E-state index is 0.437. The van der Waals surface area contributed by atoms with E-state index in [0.717, 1.165) is 23.1 Å². The molecule has 0 heterocycles. The largest absolute Gasteiger partial charge is 0.497 e. The van der Waals surface area contributed by atoms with Gasteiger partial charge >= 0.3 is 0 Å². The fourth-order valence-electron chi connectivity index (χ4n) is 2.30. The predicted octanol–water partition coefficient (Wildman–Crippen LogP) is 5.20. The number of nitrogens with one attached hydrogen (secondary N) is 1. The number of hydrogen-bond donors (Lipinski definition) is 1. The van der Waals surface area contributed by atoms with E-state index in [0.29, 0.717) is 6.04 Å². The van der Waals surface area contributed by atoms with Gasteiger partial charge in [-0.25, -0.2) is 0 Å². The van der Waals surface area contributed by atoms with Crippen molar-refractivity contribution in [1.29, 1.82) is 0 Å². The van der Waals surface area contributed by atoms with E-state index in [1.165, 1.54) is 16.8 Å². The second kappa shape index (κ2) is 7.51. The lowest BCUT2D eigenvalue weighted by atomic mass is 10.1. The molecule has 3 heteroatoms. The Hall–Kier alpha value is -1.48. The lowest BCUT2D eigenvalue weighted by molar-refractivity contribution is 0.414. The van der Waals surface area contributed by atoms with Crippen LogP contribution in [0.15, 0.2) is 46.9 Å². The molecule has 2 rings (SSSR count). The standard InChI is InChI=1S/C18H22BrNO/c1-13-12-16(19)8-11-18(13)20-14(2)4-5-15-6-9-17(21-3)10-7-15/h6-12,14,20H,4-5H2,1-3H3. The topological polar surface area (TPSA) is 21.3 Å². The van der Waals surface area contributed by atoms with Crippen molar-refractivity contribution < 1.29 is 4.74 Å². The number of ether oxygens (including phenoxy) is 1. The molecule has 112 valence electrons. The lowest BCUT2D eigenvalue weighted by Crippen LogP contribution is -2.16. The van der Waals surface area contributed by atoms with Gasteiger partial charge in [-0.1, -0.05) is 28.1 Å². The van der Waals surface area contributed by atoms with Crippen molar-refractivity contribution >= 4 is 21.6 Å². The third-order valence-corrected chi connectivity index (χ3v) is 4.11. The average molecular weight is 348 g/mol. The molecule has 21 heavy (non-hydrogen) atoms. The highest BCUT2D eigenvalue weighted by Crippen LogP contribution is 2.21. The van der Waals surface area contributed by atoms with Crippen LogP contribution in [0, 0.1) is 6.92 Å². The van der Waals surface area contributed by atoms with Gasteiger partial charge in [-0.3, -0.25) is 0 Å². The third-order valence-electron chi connectivity index (χ3n) is 3.62. The van der Waals surface area contributed by atoms with Gasteiger partial charge in [0.15, 0.2) is 0 Å². The molecule has 1 N–H and O–H groups in total. The normalized spacial score (nSPS) is 12.0. The van der Waals surface area contributed by atoms with Crippen molar-refractivity contribution in [2.24, 2.45) is 0 Å². The van der Waals surface area contributed by atoms with E-state index in [-0.39, 0.29) is 0 Å². The molecule has 0 aliphatic rings. The first-order valence-electron chi connectivity index (χ1n) is 7.24. The maximum atomic E-state index is 5.18. The molecule has 0 fully saturated rings. The second-order valence-electron chi connectivity index (χ2n) is 5.39. The Bertz CT molecular complexity index is 580. The highest BCUT2D eigenvalue weighted by atomic mass is 79.9. The quantitative estimate of drug-likeness (QED) is 0.775. The van der Waals surface area contributed by atoms with Gasteiger partial charge in [0.1, 0.15) is 5.75 Å². The summed E-state index contributed by atoms with van der Waals surface area (Å²) in [7, 11) is 1.70. The number of halogens is 1. The number of methoxy groups -OCH3 is 1. The summed E-state index contributed by atoms with van der Waals surface area (Å²) >= 11 is 3.50. The molecule has 0 aromatic heterocycles. The zero-order valence-electron chi connectivity index (χ0n) is 12.8. The first kappa shape index (κ1) is 15.9. The summed E-state index contributed by atoms with van der Waals surface area (Å²) in [4.78, 5) is 0. The Kier molecular flexibility index (Phi) is 5.68. The summed E-state index contributed by atoms with van der Waals surface area (Å²) in [5.41, 5.74) is 3.82. The van der Waals surface area contributed by atoms with Gasteiger partial charge in [-0.2, -0.15) is 0 Å². The molecule has 2 aromatic rings. The average Bonchev–Trinajstić information content (AvgIpc) is 2.48. The Morgan fingerprint density at radius 3 is 2.48 bits per heavy atom. The van der Waals surface area contributed by atoms with Crippen LogP contribution in [0.4, 0.5) is 5.69 Å². The van der Waals surface area contributed by atoms with Crippen LogP contribution in [-0.4, -0.2) is 13.2 Å². The molecule has 0 aliphatic carbocycles. The zero-order valence-corrected chi connectivity index (χ0v) is 14.4. The minimum absolute atomic E-state index is 0.437. The number of anilines is 1. The van der Waals surface area contributed by atoms with E-state index in [2.05, 4.69) is 65.4 Å². The van der Waals surface area contributed by atoms with Gasteiger partial charge in [-0.05, 0) is 68.1 Å². The van der Waals surface area contributed by atoms with Crippen LogP contribution in [0.3, 0.4) is 0 Å². The van der Waals surface area contributed by atoms with Gasteiger partial charge in [0.25, 0.3) is 0 Å². The molecule has 0 radical (unpaired) electrons. The highest BCUT2D eigenvalue weighted by molar-refractivity contribution is 9.10. The molecule has 0 amide bonds. The maximum absolute atomic E-state index is 5.18. The first-order valence-corrected chi connectivity index (χ1v) is 8.03. The summed E-state index contributed by atoms with van der Waals surface area (Å²) in [6, 6.07) is 15.1. The van der Waals surface area contributed by atoms with Crippen molar-refractivity contribution in [3.63, 3.8) is 0 Å². The second-order valence-corrected chi connectivity index (χ2v) is 6.31. The molecule has 0 saturated carbocycles. The third kappa shape index (κ3) is 4.78. The van der Waals surface area contributed by atoms with Gasteiger partial charge in [0.2, 0.25) is 0 Å². The van der Waals surface area contributed by atoms with E-state index in [4.69, 9.17) is 4.74 Å². The van der Waals surface area contributed by atoms with Crippen molar-refractivity contribution in [3.05, 3.63) is 58.1 Å². The maximum Gasteiger partial charge on any atom is 0.118 e. The summed E-state index contributed by atoms with van der Waals surface area (Å²) in [6.45, 7) is 4.36. The summed E-state index contributed by atoms with van der Waals surface area (Å²) < 4.78 is 6.30. The van der Waals surface area contributed by atoms with Crippen LogP contribution in [0.1, 0.15) is 24.5 Å². The van der Waals surface area contributed by atoms with Crippen molar-refractivity contribution in [2.75, 3.05) is 12.4 Å². The summed E-state index contributed by atoms with van der Waals surface area (Å²) in [5, 5.41) is 3.58. The minimum Gasteiger partial charge on any atom is -0.497 e. The number of benzene rings is 2. The molecular weight excluding hydrogens is 326 g/mol. The van der Waals surface area contributed by atoms with E-state index in [9.17, 15) is 0 Å². The Labute approximate surface area is 135 Å². The Morgan fingerprint density at radius 2 is 1.86 bits per heavy atom. The van der Waals surface area contributed by atoms with Crippen LogP contribution >= 0.6 is 15.9 Å². The van der Waals surface area contributed by atoms with E-state index >= 15 is 0 Å². The fourth-order valence-corrected chi connectivity index (χ4v) is 2.78. The molecule has 1 unspecified atom stereocenters. The fraction of sp³-hybridized carbons (Fsp3) is 0.333. The van der Waals surface area contributed by atoms with Gasteiger partial charge < -0.3 is 10.1 Å². The Morgan fingerprint density at radius 1 is 1.14 bits per heavy atom. The summed E-state index contributed by atoms with van der Waals surface area (Å²) in [6.07, 6.45) is 2.16. The monoisotopic (exact) mass is 347 g/mol. The SMILES string of the molecule is COc1ccc(CCC(C)Nc2ccc(Br)cc2C)cc1. The molecule has 0 spiro atoms. The first-order chi connectivity index (χ1) is 10.1. The van der Waals surface area contributed by atoms with Crippen molar-refractivity contribution in [3.8, 4) is 5.75 Å².